The summed E-state index contributed by atoms with van der Waals surface area (Å²) in [6.45, 7) is 3.97. The topological polar surface area (TPSA) is 90.5 Å². The van der Waals surface area contributed by atoms with E-state index < -0.39 is 21.8 Å². The number of hydrogen-bond acceptors (Lipinski definition) is 5. The molecule has 38 heavy (non-hydrogen) atoms. The van der Waals surface area contributed by atoms with Crippen LogP contribution in [-0.4, -0.2) is 49.3 Å². The van der Waals surface area contributed by atoms with Crippen molar-refractivity contribution < 1.29 is 26.3 Å². The number of nitrogens with two attached hydrogens (primary N) is 1. The Labute approximate surface area is 220 Å². The number of ether oxygens (including phenoxy) is 1. The zero-order valence-corrected chi connectivity index (χ0v) is 21.7. The largest absolute Gasteiger partial charge is 0.494 e. The molecule has 5 rings (SSSR count). The molecule has 1 aliphatic carbocycles. The minimum Gasteiger partial charge on any atom is -0.494 e. The van der Waals surface area contributed by atoms with E-state index in [0.29, 0.717) is 43.2 Å². The third kappa shape index (κ3) is 6.22. The number of fused-ring (bicyclic) bond motifs is 1. The zero-order chi connectivity index (χ0) is 26.9. The van der Waals surface area contributed by atoms with Crippen molar-refractivity contribution >= 4 is 10.0 Å². The smallest absolute Gasteiger partial charge is 0.416 e. The summed E-state index contributed by atoms with van der Waals surface area (Å²) in [6, 6.07) is 11.7. The number of aryl methyl sites for hydroxylation is 1. The SMILES string of the molecule is NS(=O)(=O)c1cnn(CCCOc2ccc3c(c2)C(Cc2cccc(C(F)(F)F)c2)C(CN2CCC2)C3)c1. The molecular weight excluding hydrogens is 517 g/mol. The highest BCUT2D eigenvalue weighted by atomic mass is 32.2. The highest BCUT2D eigenvalue weighted by Crippen LogP contribution is 2.43. The van der Waals surface area contributed by atoms with Crippen LogP contribution >= 0.6 is 0 Å². The standard InChI is InChI=1S/C27H31F3N4O3S/c28-27(29,30)22-5-1-4-19(12-22)13-25-21(17-33-8-2-9-33)14-20-6-7-23(15-26(20)25)37-11-3-10-34-18-24(16-32-34)38(31,35)36/h1,4-7,12,15-16,18,21,25H,2-3,8-11,13-14,17H2,(H2,31,35,36). The molecule has 1 fully saturated rings. The van der Waals surface area contributed by atoms with Crippen LogP contribution in [0, 0.1) is 5.92 Å². The summed E-state index contributed by atoms with van der Waals surface area (Å²) in [5.74, 6) is 1.16. The number of nitrogens with zero attached hydrogens (tertiary/aromatic N) is 3. The van der Waals surface area contributed by atoms with Gasteiger partial charge in [-0.15, -0.1) is 0 Å². The maximum absolute atomic E-state index is 13.3. The number of alkyl halides is 3. The number of likely N-dealkylation sites (tertiary alicyclic amines) is 1. The Hall–Kier alpha value is -2.89. The monoisotopic (exact) mass is 548 g/mol. The zero-order valence-electron chi connectivity index (χ0n) is 20.9. The molecule has 3 aromatic rings. The fraction of sp³-hybridized carbons (Fsp3) is 0.444. The highest BCUT2D eigenvalue weighted by molar-refractivity contribution is 7.89. The van der Waals surface area contributed by atoms with Gasteiger partial charge in [-0.25, -0.2) is 13.6 Å². The van der Waals surface area contributed by atoms with E-state index in [0.717, 1.165) is 37.7 Å². The molecule has 1 aromatic heterocycles. The lowest BCUT2D eigenvalue weighted by atomic mass is 9.85. The van der Waals surface area contributed by atoms with Crippen molar-refractivity contribution in [2.24, 2.45) is 11.1 Å². The van der Waals surface area contributed by atoms with Gasteiger partial charge in [-0.1, -0.05) is 24.3 Å². The quantitative estimate of drug-likeness (QED) is 0.383. The third-order valence-electron chi connectivity index (χ3n) is 7.46. The fourth-order valence-corrected chi connectivity index (χ4v) is 5.86. The molecule has 0 bridgehead atoms. The van der Waals surface area contributed by atoms with Gasteiger partial charge in [0, 0.05) is 25.7 Å². The number of benzene rings is 2. The molecule has 2 unspecified atom stereocenters. The van der Waals surface area contributed by atoms with Crippen molar-refractivity contribution in [2.75, 3.05) is 26.2 Å². The summed E-state index contributed by atoms with van der Waals surface area (Å²) in [5.41, 5.74) is 2.45. The van der Waals surface area contributed by atoms with Crippen LogP contribution in [0.15, 0.2) is 59.8 Å². The molecule has 0 radical (unpaired) electrons. The van der Waals surface area contributed by atoms with E-state index in [-0.39, 0.29) is 10.8 Å². The molecule has 2 atom stereocenters. The highest BCUT2D eigenvalue weighted by Gasteiger charge is 2.36. The normalized spacial score (nSPS) is 19.8. The van der Waals surface area contributed by atoms with Gasteiger partial charge in [-0.2, -0.15) is 18.3 Å². The Morgan fingerprint density at radius 1 is 1.13 bits per heavy atom. The van der Waals surface area contributed by atoms with Crippen LogP contribution in [0.5, 0.6) is 5.75 Å². The lowest BCUT2D eigenvalue weighted by Crippen LogP contribution is -2.41. The number of aromatic nitrogens is 2. The summed E-state index contributed by atoms with van der Waals surface area (Å²) >= 11 is 0. The van der Waals surface area contributed by atoms with Crippen molar-refractivity contribution in [3.05, 3.63) is 77.1 Å². The van der Waals surface area contributed by atoms with Crippen molar-refractivity contribution in [3.8, 4) is 5.75 Å². The first-order valence-corrected chi connectivity index (χ1v) is 14.3. The van der Waals surface area contributed by atoms with E-state index in [4.69, 9.17) is 9.88 Å². The summed E-state index contributed by atoms with van der Waals surface area (Å²) in [7, 11) is -3.78. The van der Waals surface area contributed by atoms with E-state index in [9.17, 15) is 21.6 Å². The van der Waals surface area contributed by atoms with Gasteiger partial charge in [0.25, 0.3) is 0 Å². The first-order chi connectivity index (χ1) is 18.1. The number of rotatable bonds is 10. The molecule has 2 heterocycles. The number of halogens is 3. The van der Waals surface area contributed by atoms with Crippen molar-refractivity contribution in [1.82, 2.24) is 14.7 Å². The molecule has 11 heteroatoms. The molecular formula is C27H31F3N4O3S. The van der Waals surface area contributed by atoms with Crippen LogP contribution < -0.4 is 9.88 Å². The average molecular weight is 549 g/mol. The molecule has 1 saturated heterocycles. The van der Waals surface area contributed by atoms with E-state index in [1.54, 1.807) is 6.07 Å². The van der Waals surface area contributed by atoms with Gasteiger partial charge in [-0.3, -0.25) is 4.68 Å². The lowest BCUT2D eigenvalue weighted by Gasteiger charge is -2.35. The van der Waals surface area contributed by atoms with Gasteiger partial charge in [0.1, 0.15) is 10.6 Å². The molecule has 0 amide bonds. The number of sulfonamides is 1. The first-order valence-electron chi connectivity index (χ1n) is 12.8. The minimum atomic E-state index is -4.36. The summed E-state index contributed by atoms with van der Waals surface area (Å²) < 4.78 is 70.3. The Morgan fingerprint density at radius 2 is 1.95 bits per heavy atom. The molecule has 2 aliphatic rings. The Balaban J connectivity index is 1.27. The molecule has 2 aromatic carbocycles. The second-order valence-corrected chi connectivity index (χ2v) is 11.7. The maximum Gasteiger partial charge on any atom is 0.416 e. The molecule has 1 aliphatic heterocycles. The van der Waals surface area contributed by atoms with Crippen LogP contribution in [-0.2, 0) is 35.6 Å². The predicted octanol–water partition coefficient (Wildman–Crippen LogP) is 4.22. The maximum atomic E-state index is 13.3. The lowest BCUT2D eigenvalue weighted by molar-refractivity contribution is -0.137. The van der Waals surface area contributed by atoms with Crippen molar-refractivity contribution in [1.29, 1.82) is 0 Å². The predicted molar refractivity (Wildman–Crippen MR) is 136 cm³/mol. The van der Waals surface area contributed by atoms with Crippen LogP contribution in [0.4, 0.5) is 13.2 Å². The van der Waals surface area contributed by atoms with E-state index in [2.05, 4.69) is 16.1 Å². The van der Waals surface area contributed by atoms with Crippen LogP contribution in [0.25, 0.3) is 0 Å². The summed E-state index contributed by atoms with van der Waals surface area (Å²) in [5, 5.41) is 9.14. The molecule has 0 spiro atoms. The Kier molecular flexibility index (Phi) is 7.52. The van der Waals surface area contributed by atoms with Crippen LogP contribution in [0.1, 0.15) is 41.0 Å². The average Bonchev–Trinajstić information content (AvgIpc) is 3.44. The van der Waals surface area contributed by atoms with Gasteiger partial charge < -0.3 is 9.64 Å². The molecule has 7 nitrogen and oxygen atoms in total. The molecule has 204 valence electrons. The van der Waals surface area contributed by atoms with E-state index >= 15 is 0 Å². The van der Waals surface area contributed by atoms with Gasteiger partial charge in [0.15, 0.2) is 0 Å². The summed E-state index contributed by atoms with van der Waals surface area (Å²) in [4.78, 5) is 2.39. The van der Waals surface area contributed by atoms with Gasteiger partial charge >= 0.3 is 6.18 Å². The van der Waals surface area contributed by atoms with Crippen molar-refractivity contribution in [3.63, 3.8) is 0 Å². The second kappa shape index (κ2) is 10.7. The minimum absolute atomic E-state index is 0.0309. The number of hydrogen-bond donors (Lipinski definition) is 1. The van der Waals surface area contributed by atoms with Crippen molar-refractivity contribution in [2.45, 2.75) is 49.2 Å². The van der Waals surface area contributed by atoms with E-state index in [1.165, 1.54) is 41.2 Å². The third-order valence-corrected chi connectivity index (χ3v) is 8.33. The van der Waals surface area contributed by atoms with Crippen LogP contribution in [0.3, 0.4) is 0 Å². The van der Waals surface area contributed by atoms with Gasteiger partial charge in [-0.05, 0) is 79.1 Å². The molecule has 2 N–H and O–H groups in total. The molecule has 0 saturated carbocycles. The van der Waals surface area contributed by atoms with Gasteiger partial charge in [0.05, 0.1) is 18.4 Å². The fourth-order valence-electron chi connectivity index (χ4n) is 5.40. The first kappa shape index (κ1) is 26.7. The Bertz CT molecular complexity index is 1390. The Morgan fingerprint density at radius 3 is 2.63 bits per heavy atom. The van der Waals surface area contributed by atoms with E-state index in [1.807, 2.05) is 12.1 Å². The second-order valence-electron chi connectivity index (χ2n) is 10.2. The van der Waals surface area contributed by atoms with Gasteiger partial charge in [0.2, 0.25) is 10.0 Å². The van der Waals surface area contributed by atoms with Crippen LogP contribution in [0.2, 0.25) is 0 Å². The number of primary sulfonamides is 1. The summed E-state index contributed by atoms with van der Waals surface area (Å²) in [6.07, 6.45) is 1.50.